The molecule has 0 amide bonds. The number of nitrogens with one attached hydrogen (secondary N) is 1. The van der Waals surface area contributed by atoms with Crippen molar-refractivity contribution in [1.29, 1.82) is 0 Å². The van der Waals surface area contributed by atoms with Crippen LogP contribution in [0.3, 0.4) is 0 Å². The summed E-state index contributed by atoms with van der Waals surface area (Å²) in [6.45, 7) is 4.16. The minimum Gasteiger partial charge on any atom is -0.379 e. The normalized spacial score (nSPS) is 19.5. The molecule has 1 unspecified atom stereocenters. The Morgan fingerprint density at radius 3 is 2.75 bits per heavy atom. The van der Waals surface area contributed by atoms with Gasteiger partial charge in [-0.05, 0) is 40.8 Å². The van der Waals surface area contributed by atoms with Crippen molar-refractivity contribution in [3.05, 3.63) is 27.7 Å². The summed E-state index contributed by atoms with van der Waals surface area (Å²) in [5.74, 6) is -0.306. The number of fused-ring (bicyclic) bond motifs is 1. The molecule has 1 atom stereocenters. The second kappa shape index (κ2) is 4.32. The van der Waals surface area contributed by atoms with Gasteiger partial charge in [-0.3, -0.25) is 0 Å². The third-order valence-corrected chi connectivity index (χ3v) is 3.69. The first-order valence-corrected chi connectivity index (χ1v) is 6.23. The van der Waals surface area contributed by atoms with Crippen LogP contribution in [0, 0.1) is 17.6 Å². The van der Waals surface area contributed by atoms with Crippen molar-refractivity contribution in [2.75, 3.05) is 5.32 Å². The van der Waals surface area contributed by atoms with E-state index in [2.05, 4.69) is 35.1 Å². The summed E-state index contributed by atoms with van der Waals surface area (Å²) in [7, 11) is 0. The Kier molecular flexibility index (Phi) is 3.19. The molecule has 0 aromatic heterocycles. The molecular weight excluding hydrogens is 276 g/mol. The molecule has 0 saturated heterocycles. The molecule has 88 valence electrons. The lowest BCUT2D eigenvalue weighted by atomic mass is 9.91. The van der Waals surface area contributed by atoms with Crippen LogP contribution in [0.1, 0.15) is 25.8 Å². The van der Waals surface area contributed by atoms with Gasteiger partial charge in [-0.25, -0.2) is 8.78 Å². The third-order valence-electron chi connectivity index (χ3n) is 3.11. The highest BCUT2D eigenvalue weighted by Crippen LogP contribution is 2.35. The quantitative estimate of drug-likeness (QED) is 0.767. The molecule has 1 aliphatic heterocycles. The van der Waals surface area contributed by atoms with Crippen molar-refractivity contribution in [2.24, 2.45) is 5.92 Å². The maximum Gasteiger partial charge on any atom is 0.147 e. The first-order chi connectivity index (χ1) is 7.50. The van der Waals surface area contributed by atoms with Crippen LogP contribution in [0.15, 0.2) is 10.5 Å². The van der Waals surface area contributed by atoms with Crippen LogP contribution >= 0.6 is 15.9 Å². The molecular formula is C12H14BrF2N. The number of hydrogen-bond donors (Lipinski definition) is 1. The van der Waals surface area contributed by atoms with Gasteiger partial charge in [0, 0.05) is 11.6 Å². The maximum atomic E-state index is 13.7. The Hall–Kier alpha value is -0.640. The summed E-state index contributed by atoms with van der Waals surface area (Å²) < 4.78 is 27.6. The SMILES string of the molecule is CC(C)C1CCc2c(F)c(Br)cc(F)c2N1. The Morgan fingerprint density at radius 2 is 2.12 bits per heavy atom. The lowest BCUT2D eigenvalue weighted by Gasteiger charge is -2.30. The highest BCUT2D eigenvalue weighted by molar-refractivity contribution is 9.10. The van der Waals surface area contributed by atoms with Crippen molar-refractivity contribution < 1.29 is 8.78 Å². The van der Waals surface area contributed by atoms with Crippen LogP contribution in [0.4, 0.5) is 14.5 Å². The second-order valence-corrected chi connectivity index (χ2v) is 5.40. The molecule has 16 heavy (non-hydrogen) atoms. The zero-order valence-corrected chi connectivity index (χ0v) is 10.9. The molecule has 2 rings (SSSR count). The van der Waals surface area contributed by atoms with Gasteiger partial charge in [-0.1, -0.05) is 13.8 Å². The highest BCUT2D eigenvalue weighted by atomic mass is 79.9. The molecule has 0 bridgehead atoms. The van der Waals surface area contributed by atoms with Gasteiger partial charge in [-0.15, -0.1) is 0 Å². The Morgan fingerprint density at radius 1 is 1.44 bits per heavy atom. The summed E-state index contributed by atoms with van der Waals surface area (Å²) >= 11 is 3.03. The first-order valence-electron chi connectivity index (χ1n) is 5.43. The van der Waals surface area contributed by atoms with E-state index in [1.54, 1.807) is 0 Å². The summed E-state index contributed by atoms with van der Waals surface area (Å²) in [5, 5.41) is 3.10. The Balaban J connectivity index is 2.43. The Bertz CT molecular complexity index is 418. The predicted octanol–water partition coefficient (Wildman–Crippen LogP) is 4.11. The van der Waals surface area contributed by atoms with E-state index < -0.39 is 0 Å². The van der Waals surface area contributed by atoms with E-state index in [1.165, 1.54) is 6.07 Å². The minimum absolute atomic E-state index is 0.202. The standard InChI is InChI=1S/C12H14BrF2N/c1-6(2)10-4-3-7-11(15)8(13)5-9(14)12(7)16-10/h5-6,10,16H,3-4H2,1-2H3. The van der Waals surface area contributed by atoms with Gasteiger partial charge in [0.15, 0.2) is 0 Å². The molecule has 1 aromatic carbocycles. The summed E-state index contributed by atoms with van der Waals surface area (Å²) in [6.07, 6.45) is 1.44. The average Bonchev–Trinajstić information content (AvgIpc) is 2.25. The van der Waals surface area contributed by atoms with E-state index in [1.807, 2.05) is 0 Å². The molecule has 4 heteroatoms. The van der Waals surface area contributed by atoms with Crippen molar-refractivity contribution in [3.63, 3.8) is 0 Å². The molecule has 0 saturated carbocycles. The van der Waals surface area contributed by atoms with Crippen molar-refractivity contribution in [2.45, 2.75) is 32.7 Å². The van der Waals surface area contributed by atoms with Gasteiger partial charge in [0.2, 0.25) is 0 Å². The maximum absolute atomic E-state index is 13.7. The van der Waals surface area contributed by atoms with Crippen LogP contribution < -0.4 is 5.32 Å². The van der Waals surface area contributed by atoms with Crippen molar-refractivity contribution in [1.82, 2.24) is 0 Å². The lowest BCUT2D eigenvalue weighted by molar-refractivity contribution is 0.466. The van der Waals surface area contributed by atoms with Gasteiger partial charge in [-0.2, -0.15) is 0 Å². The summed E-state index contributed by atoms with van der Waals surface area (Å²) in [4.78, 5) is 0. The number of anilines is 1. The minimum atomic E-state index is -0.381. The van der Waals surface area contributed by atoms with Crippen LogP contribution in [-0.2, 0) is 6.42 Å². The van der Waals surface area contributed by atoms with Crippen molar-refractivity contribution in [3.8, 4) is 0 Å². The van der Waals surface area contributed by atoms with E-state index in [0.717, 1.165) is 6.42 Å². The molecule has 0 aliphatic carbocycles. The van der Waals surface area contributed by atoms with Crippen LogP contribution in [0.5, 0.6) is 0 Å². The molecule has 0 spiro atoms. The number of halogens is 3. The van der Waals surface area contributed by atoms with Gasteiger partial charge in [0.05, 0.1) is 10.2 Å². The van der Waals surface area contributed by atoms with E-state index >= 15 is 0 Å². The van der Waals surface area contributed by atoms with Crippen LogP contribution in [-0.4, -0.2) is 6.04 Å². The average molecular weight is 290 g/mol. The number of rotatable bonds is 1. The fourth-order valence-corrected chi connectivity index (χ4v) is 2.53. The fourth-order valence-electron chi connectivity index (χ4n) is 2.09. The summed E-state index contributed by atoms with van der Waals surface area (Å²) in [6, 6.07) is 1.41. The van der Waals surface area contributed by atoms with E-state index in [0.29, 0.717) is 23.6 Å². The highest BCUT2D eigenvalue weighted by Gasteiger charge is 2.26. The topological polar surface area (TPSA) is 12.0 Å². The monoisotopic (exact) mass is 289 g/mol. The molecule has 1 N–H and O–H groups in total. The molecule has 0 radical (unpaired) electrons. The molecule has 1 aromatic rings. The summed E-state index contributed by atoms with van der Waals surface area (Å²) in [5.41, 5.74) is 0.800. The van der Waals surface area contributed by atoms with Crippen molar-refractivity contribution >= 4 is 21.6 Å². The van der Waals surface area contributed by atoms with Gasteiger partial charge >= 0.3 is 0 Å². The predicted molar refractivity (Wildman–Crippen MR) is 64.6 cm³/mol. The second-order valence-electron chi connectivity index (χ2n) is 4.54. The van der Waals surface area contributed by atoms with E-state index in [9.17, 15) is 8.78 Å². The Labute approximate surface area is 102 Å². The molecule has 0 fully saturated rings. The van der Waals surface area contributed by atoms with Crippen LogP contribution in [0.25, 0.3) is 0 Å². The fraction of sp³-hybridized carbons (Fsp3) is 0.500. The smallest absolute Gasteiger partial charge is 0.147 e. The van der Waals surface area contributed by atoms with Gasteiger partial charge < -0.3 is 5.32 Å². The first kappa shape index (κ1) is 11.8. The zero-order valence-electron chi connectivity index (χ0n) is 9.28. The molecule has 1 nitrogen and oxygen atoms in total. The van der Waals surface area contributed by atoms with E-state index in [4.69, 9.17) is 0 Å². The molecule has 1 aliphatic rings. The zero-order chi connectivity index (χ0) is 11.9. The van der Waals surface area contributed by atoms with Gasteiger partial charge in [0.1, 0.15) is 11.6 Å². The van der Waals surface area contributed by atoms with E-state index in [-0.39, 0.29) is 22.1 Å². The van der Waals surface area contributed by atoms with Crippen LogP contribution in [0.2, 0.25) is 0 Å². The number of hydrogen-bond acceptors (Lipinski definition) is 1. The largest absolute Gasteiger partial charge is 0.379 e. The third kappa shape index (κ3) is 1.95. The molecule has 1 heterocycles. The number of benzene rings is 1. The lowest BCUT2D eigenvalue weighted by Crippen LogP contribution is -2.31. The van der Waals surface area contributed by atoms with Gasteiger partial charge in [0.25, 0.3) is 0 Å².